The van der Waals surface area contributed by atoms with Gasteiger partial charge in [-0.15, -0.1) is 0 Å². The smallest absolute Gasteiger partial charge is 0.203 e. The normalized spacial score (nSPS) is 21.4. The molecule has 24 heavy (non-hydrogen) atoms. The zero-order valence-corrected chi connectivity index (χ0v) is 16.1. The highest BCUT2D eigenvalue weighted by Crippen LogP contribution is 2.41. The molecule has 2 atom stereocenters. The number of methoxy groups -OCH3 is 3. The summed E-state index contributed by atoms with van der Waals surface area (Å²) in [5, 5.41) is 3.78. The van der Waals surface area contributed by atoms with Crippen LogP contribution in [0.25, 0.3) is 0 Å². The van der Waals surface area contributed by atoms with E-state index in [1.54, 1.807) is 21.3 Å². The Bertz CT molecular complexity index is 536. The Balaban J connectivity index is 2.16. The van der Waals surface area contributed by atoms with E-state index in [2.05, 4.69) is 32.2 Å². The summed E-state index contributed by atoms with van der Waals surface area (Å²) in [7, 11) is 4.97. The predicted molar refractivity (Wildman–Crippen MR) is 98.1 cm³/mol. The van der Waals surface area contributed by atoms with Crippen LogP contribution >= 0.6 is 0 Å². The highest BCUT2D eigenvalue weighted by Gasteiger charge is 2.33. The molecule has 0 spiro atoms. The van der Waals surface area contributed by atoms with Crippen LogP contribution in [0.4, 0.5) is 0 Å². The number of hydrogen-bond acceptors (Lipinski definition) is 4. The summed E-state index contributed by atoms with van der Waals surface area (Å²) in [6.07, 6.45) is 5.22. The van der Waals surface area contributed by atoms with Gasteiger partial charge in [-0.05, 0) is 30.2 Å². The van der Waals surface area contributed by atoms with Crippen LogP contribution in [0.2, 0.25) is 0 Å². The number of rotatable bonds is 6. The van der Waals surface area contributed by atoms with Crippen molar-refractivity contribution in [2.45, 2.75) is 59.0 Å². The van der Waals surface area contributed by atoms with Crippen molar-refractivity contribution in [3.05, 3.63) is 17.7 Å². The molecule has 1 aromatic carbocycles. The van der Waals surface area contributed by atoms with E-state index in [9.17, 15) is 0 Å². The van der Waals surface area contributed by atoms with Gasteiger partial charge in [0, 0.05) is 18.2 Å². The Labute approximate surface area is 146 Å². The third kappa shape index (κ3) is 4.15. The highest BCUT2D eigenvalue weighted by atomic mass is 16.5. The molecule has 4 heteroatoms. The summed E-state index contributed by atoms with van der Waals surface area (Å²) >= 11 is 0. The monoisotopic (exact) mass is 335 g/mol. The van der Waals surface area contributed by atoms with Crippen molar-refractivity contribution in [3.63, 3.8) is 0 Å². The van der Waals surface area contributed by atoms with E-state index in [1.807, 2.05) is 6.07 Å². The molecule has 0 heterocycles. The molecular formula is C20H33NO3. The van der Waals surface area contributed by atoms with Gasteiger partial charge in [0.2, 0.25) is 5.75 Å². The third-order valence-electron chi connectivity index (χ3n) is 5.22. The van der Waals surface area contributed by atoms with E-state index >= 15 is 0 Å². The lowest BCUT2D eigenvalue weighted by atomic mass is 9.69. The number of hydrogen-bond donors (Lipinski definition) is 1. The maximum atomic E-state index is 5.60. The fraction of sp³-hybridized carbons (Fsp3) is 0.700. The third-order valence-corrected chi connectivity index (χ3v) is 5.22. The lowest BCUT2D eigenvalue weighted by Crippen LogP contribution is -2.43. The summed E-state index contributed by atoms with van der Waals surface area (Å²) in [6, 6.07) is 4.55. The van der Waals surface area contributed by atoms with Crippen LogP contribution in [0.15, 0.2) is 12.1 Å². The van der Waals surface area contributed by atoms with Crippen molar-refractivity contribution >= 4 is 0 Å². The molecule has 0 saturated heterocycles. The van der Waals surface area contributed by atoms with E-state index < -0.39 is 0 Å². The molecular weight excluding hydrogens is 302 g/mol. The van der Waals surface area contributed by atoms with Gasteiger partial charge in [-0.2, -0.15) is 0 Å². The molecule has 1 fully saturated rings. The average Bonchev–Trinajstić information content (AvgIpc) is 2.58. The van der Waals surface area contributed by atoms with Crippen molar-refractivity contribution in [3.8, 4) is 17.2 Å². The SMILES string of the molecule is COc1ccc(CN[C@@H]2CCCC[C@@H]2C(C)(C)C)c(OC)c1OC. The number of ether oxygens (including phenoxy) is 3. The van der Waals surface area contributed by atoms with E-state index in [4.69, 9.17) is 14.2 Å². The van der Waals surface area contributed by atoms with Crippen molar-refractivity contribution in [2.24, 2.45) is 11.3 Å². The van der Waals surface area contributed by atoms with E-state index in [-0.39, 0.29) is 0 Å². The molecule has 1 aromatic rings. The van der Waals surface area contributed by atoms with Crippen LogP contribution in [0.3, 0.4) is 0 Å². The van der Waals surface area contributed by atoms with Gasteiger partial charge in [0.1, 0.15) is 0 Å². The minimum absolute atomic E-state index is 0.333. The molecule has 1 N–H and O–H groups in total. The Morgan fingerprint density at radius 3 is 2.21 bits per heavy atom. The number of nitrogens with one attached hydrogen (secondary N) is 1. The molecule has 0 radical (unpaired) electrons. The summed E-state index contributed by atoms with van der Waals surface area (Å²) in [5.74, 6) is 2.82. The van der Waals surface area contributed by atoms with Gasteiger partial charge in [0.05, 0.1) is 21.3 Å². The summed E-state index contributed by atoms with van der Waals surface area (Å²) in [5.41, 5.74) is 1.44. The summed E-state index contributed by atoms with van der Waals surface area (Å²) in [6.45, 7) is 7.85. The van der Waals surface area contributed by atoms with Gasteiger partial charge in [-0.25, -0.2) is 0 Å². The lowest BCUT2D eigenvalue weighted by molar-refractivity contribution is 0.130. The van der Waals surface area contributed by atoms with Crippen LogP contribution in [0.1, 0.15) is 52.0 Å². The Morgan fingerprint density at radius 2 is 1.62 bits per heavy atom. The molecule has 0 unspecified atom stereocenters. The fourth-order valence-corrected chi connectivity index (χ4v) is 3.96. The first-order valence-corrected chi connectivity index (χ1v) is 8.93. The Morgan fingerprint density at radius 1 is 0.958 bits per heavy atom. The molecule has 0 aromatic heterocycles. The van der Waals surface area contributed by atoms with Gasteiger partial charge in [-0.3, -0.25) is 0 Å². The molecule has 0 amide bonds. The van der Waals surface area contributed by atoms with Gasteiger partial charge in [0.25, 0.3) is 0 Å². The molecule has 136 valence electrons. The fourth-order valence-electron chi connectivity index (χ4n) is 3.96. The average molecular weight is 335 g/mol. The Kier molecular flexibility index (Phi) is 6.39. The largest absolute Gasteiger partial charge is 0.493 e. The first-order valence-electron chi connectivity index (χ1n) is 8.93. The highest BCUT2D eigenvalue weighted by molar-refractivity contribution is 5.55. The second-order valence-electron chi connectivity index (χ2n) is 7.74. The van der Waals surface area contributed by atoms with Crippen molar-refractivity contribution < 1.29 is 14.2 Å². The lowest BCUT2D eigenvalue weighted by Gasteiger charge is -2.41. The topological polar surface area (TPSA) is 39.7 Å². The van der Waals surface area contributed by atoms with Crippen molar-refractivity contribution in [2.75, 3.05) is 21.3 Å². The van der Waals surface area contributed by atoms with Gasteiger partial charge >= 0.3 is 0 Å². The molecule has 0 bridgehead atoms. The first-order chi connectivity index (χ1) is 11.4. The van der Waals surface area contributed by atoms with Crippen LogP contribution in [0.5, 0.6) is 17.2 Å². The van der Waals surface area contributed by atoms with Crippen LogP contribution < -0.4 is 19.5 Å². The van der Waals surface area contributed by atoms with E-state index in [1.165, 1.54) is 25.7 Å². The second kappa shape index (κ2) is 8.11. The second-order valence-corrected chi connectivity index (χ2v) is 7.74. The summed E-state index contributed by atoms with van der Waals surface area (Å²) in [4.78, 5) is 0. The predicted octanol–water partition coefficient (Wildman–Crippen LogP) is 4.41. The van der Waals surface area contributed by atoms with E-state index in [0.29, 0.717) is 28.9 Å². The maximum absolute atomic E-state index is 5.60. The molecule has 2 rings (SSSR count). The van der Waals surface area contributed by atoms with Crippen LogP contribution in [-0.2, 0) is 6.54 Å². The van der Waals surface area contributed by atoms with Gasteiger partial charge in [-0.1, -0.05) is 39.7 Å². The number of benzene rings is 1. The van der Waals surface area contributed by atoms with Crippen LogP contribution in [-0.4, -0.2) is 27.4 Å². The van der Waals surface area contributed by atoms with Gasteiger partial charge in [0.15, 0.2) is 11.5 Å². The van der Waals surface area contributed by atoms with Crippen molar-refractivity contribution in [1.29, 1.82) is 0 Å². The zero-order valence-electron chi connectivity index (χ0n) is 16.1. The molecule has 0 aliphatic heterocycles. The molecule has 1 aliphatic rings. The maximum Gasteiger partial charge on any atom is 0.203 e. The minimum Gasteiger partial charge on any atom is -0.493 e. The standard InChI is InChI=1S/C20H33NO3/c1-20(2,3)15-9-7-8-10-16(15)21-13-14-11-12-17(22-4)19(24-6)18(14)23-5/h11-12,15-16,21H,7-10,13H2,1-6H3/t15-,16+/m0/s1. The molecule has 1 aliphatic carbocycles. The zero-order chi connectivity index (χ0) is 17.7. The molecule has 1 saturated carbocycles. The molecule has 4 nitrogen and oxygen atoms in total. The van der Waals surface area contributed by atoms with Gasteiger partial charge < -0.3 is 19.5 Å². The quantitative estimate of drug-likeness (QED) is 0.836. The summed E-state index contributed by atoms with van der Waals surface area (Å²) < 4.78 is 16.5. The first kappa shape index (κ1) is 18.9. The van der Waals surface area contributed by atoms with Crippen molar-refractivity contribution in [1.82, 2.24) is 5.32 Å². The van der Waals surface area contributed by atoms with E-state index in [0.717, 1.165) is 17.9 Å². The minimum atomic E-state index is 0.333. The van der Waals surface area contributed by atoms with Crippen LogP contribution in [0, 0.1) is 11.3 Å². The Hall–Kier alpha value is -1.42.